The number of hydrogen-bond acceptors (Lipinski definition) is 5. The lowest BCUT2D eigenvalue weighted by Crippen LogP contribution is -2.43. The van der Waals surface area contributed by atoms with E-state index in [0.717, 1.165) is 32.5 Å². The number of ether oxygens (including phenoxy) is 1. The molecule has 1 amide bonds. The molecule has 1 atom stereocenters. The molecule has 3 N–H and O–H groups in total. The zero-order chi connectivity index (χ0) is 15.9. The fourth-order valence-corrected chi connectivity index (χ4v) is 2.69. The Bertz CT molecular complexity index is 548. The number of hydrogen-bond donors (Lipinski definition) is 2. The van der Waals surface area contributed by atoms with Crippen molar-refractivity contribution >= 4 is 5.91 Å². The number of carbonyl (C=O) groups is 1. The van der Waals surface area contributed by atoms with Crippen LogP contribution in [0.3, 0.4) is 0 Å². The maximum absolute atomic E-state index is 11.0. The number of aliphatic hydroxyl groups is 1. The topological polar surface area (TPSA) is 99.6 Å². The zero-order valence-corrected chi connectivity index (χ0v) is 12.4. The van der Waals surface area contributed by atoms with E-state index in [1.54, 1.807) is 18.2 Å². The fourth-order valence-electron chi connectivity index (χ4n) is 2.69. The van der Waals surface area contributed by atoms with E-state index in [1.165, 1.54) is 0 Å². The number of piperidine rings is 1. The van der Waals surface area contributed by atoms with Crippen LogP contribution in [0.25, 0.3) is 0 Å². The van der Waals surface area contributed by atoms with E-state index in [-0.39, 0.29) is 5.92 Å². The van der Waals surface area contributed by atoms with Crippen molar-refractivity contribution in [2.24, 2.45) is 11.7 Å². The Morgan fingerprint density at radius 3 is 2.77 bits per heavy atom. The summed E-state index contributed by atoms with van der Waals surface area (Å²) in [7, 11) is 0. The van der Waals surface area contributed by atoms with Gasteiger partial charge in [0.15, 0.2) is 0 Å². The molecule has 0 aromatic heterocycles. The average Bonchev–Trinajstić information content (AvgIpc) is 2.55. The molecule has 0 saturated carbocycles. The maximum Gasteiger partial charge on any atom is 0.246 e. The minimum absolute atomic E-state index is 0.0472. The monoisotopic (exact) mass is 303 g/mol. The highest BCUT2D eigenvalue weighted by atomic mass is 16.5. The number of nitriles is 1. The van der Waals surface area contributed by atoms with E-state index in [9.17, 15) is 9.90 Å². The van der Waals surface area contributed by atoms with Crippen LogP contribution in [-0.2, 0) is 4.79 Å². The van der Waals surface area contributed by atoms with E-state index in [4.69, 9.17) is 15.7 Å². The van der Waals surface area contributed by atoms with Crippen molar-refractivity contribution in [3.8, 4) is 11.8 Å². The number of carbonyl (C=O) groups excluding carboxylic acids is 1. The number of nitrogens with zero attached hydrogens (tertiary/aromatic N) is 2. The first kappa shape index (κ1) is 16.3. The summed E-state index contributed by atoms with van der Waals surface area (Å²) in [5.74, 6) is -0.0899. The van der Waals surface area contributed by atoms with Gasteiger partial charge in [-0.3, -0.25) is 9.69 Å². The molecule has 1 aliphatic rings. The third-order valence-electron chi connectivity index (χ3n) is 4.04. The molecule has 2 rings (SSSR count). The smallest absolute Gasteiger partial charge is 0.246 e. The molecule has 1 unspecified atom stereocenters. The van der Waals surface area contributed by atoms with Gasteiger partial charge in [-0.1, -0.05) is 12.1 Å². The minimum atomic E-state index is -1.04. The number of amides is 1. The van der Waals surface area contributed by atoms with Crippen molar-refractivity contribution in [3.05, 3.63) is 29.8 Å². The summed E-state index contributed by atoms with van der Waals surface area (Å²) in [5.41, 5.74) is 5.66. The molecule has 1 aromatic rings. The van der Waals surface area contributed by atoms with Crippen LogP contribution < -0.4 is 10.5 Å². The van der Waals surface area contributed by atoms with Gasteiger partial charge in [0.2, 0.25) is 5.91 Å². The zero-order valence-electron chi connectivity index (χ0n) is 12.4. The SMILES string of the molecule is N#Cc1ccccc1OCCN1CCC(C(O)C(N)=O)CC1. The molecule has 1 fully saturated rings. The molecular formula is C16H21N3O3. The van der Waals surface area contributed by atoms with Crippen LogP contribution in [0.1, 0.15) is 18.4 Å². The Balaban J connectivity index is 1.73. The summed E-state index contributed by atoms with van der Waals surface area (Å²) in [6, 6.07) is 9.26. The number of primary amides is 1. The van der Waals surface area contributed by atoms with Crippen molar-refractivity contribution in [2.45, 2.75) is 18.9 Å². The Morgan fingerprint density at radius 1 is 1.45 bits per heavy atom. The van der Waals surface area contributed by atoms with Gasteiger partial charge in [0.05, 0.1) is 5.56 Å². The summed E-state index contributed by atoms with van der Waals surface area (Å²) in [6.07, 6.45) is 0.457. The fraction of sp³-hybridized carbons (Fsp3) is 0.500. The molecule has 0 aliphatic carbocycles. The number of likely N-dealkylation sites (tertiary alicyclic amines) is 1. The van der Waals surface area contributed by atoms with Gasteiger partial charge in [-0.2, -0.15) is 5.26 Å². The second-order valence-corrected chi connectivity index (χ2v) is 5.48. The van der Waals surface area contributed by atoms with Crippen LogP contribution in [0.15, 0.2) is 24.3 Å². The predicted octanol–water partition coefficient (Wildman–Crippen LogP) is 0.495. The molecule has 6 heteroatoms. The summed E-state index contributed by atoms with van der Waals surface area (Å²) >= 11 is 0. The molecule has 0 bridgehead atoms. The molecule has 0 radical (unpaired) electrons. The molecule has 118 valence electrons. The van der Waals surface area contributed by atoms with Gasteiger partial charge < -0.3 is 15.6 Å². The highest BCUT2D eigenvalue weighted by Crippen LogP contribution is 2.21. The minimum Gasteiger partial charge on any atom is -0.491 e. The molecule has 1 saturated heterocycles. The van der Waals surface area contributed by atoms with Crippen molar-refractivity contribution in [1.29, 1.82) is 5.26 Å². The molecule has 1 aliphatic heterocycles. The van der Waals surface area contributed by atoms with Crippen molar-refractivity contribution in [2.75, 3.05) is 26.2 Å². The van der Waals surface area contributed by atoms with Crippen molar-refractivity contribution in [1.82, 2.24) is 4.90 Å². The van der Waals surface area contributed by atoms with Gasteiger partial charge in [-0.05, 0) is 44.0 Å². The van der Waals surface area contributed by atoms with E-state index in [0.29, 0.717) is 17.9 Å². The van der Waals surface area contributed by atoms with Crippen LogP contribution in [0, 0.1) is 17.2 Å². The molecule has 0 spiro atoms. The number of nitrogens with two attached hydrogens (primary N) is 1. The van der Waals surface area contributed by atoms with Gasteiger partial charge >= 0.3 is 0 Å². The van der Waals surface area contributed by atoms with E-state index in [2.05, 4.69) is 11.0 Å². The Labute approximate surface area is 130 Å². The summed E-state index contributed by atoms with van der Waals surface area (Å²) in [4.78, 5) is 13.2. The van der Waals surface area contributed by atoms with Gasteiger partial charge in [0.25, 0.3) is 0 Å². The van der Waals surface area contributed by atoms with Crippen LogP contribution in [-0.4, -0.2) is 48.3 Å². The summed E-state index contributed by atoms with van der Waals surface area (Å²) in [5, 5.41) is 18.7. The second kappa shape index (κ2) is 7.78. The molecule has 1 heterocycles. The number of para-hydroxylation sites is 1. The first-order chi connectivity index (χ1) is 10.6. The Kier molecular flexibility index (Phi) is 5.75. The first-order valence-corrected chi connectivity index (χ1v) is 7.43. The maximum atomic E-state index is 11.0. The lowest BCUT2D eigenvalue weighted by atomic mass is 9.91. The predicted molar refractivity (Wildman–Crippen MR) is 81.0 cm³/mol. The van der Waals surface area contributed by atoms with Crippen LogP contribution in [0.2, 0.25) is 0 Å². The summed E-state index contributed by atoms with van der Waals surface area (Å²) < 4.78 is 5.66. The Hall–Kier alpha value is -2.10. The molecule has 1 aromatic carbocycles. The summed E-state index contributed by atoms with van der Waals surface area (Å²) in [6.45, 7) is 2.86. The van der Waals surface area contributed by atoms with Crippen LogP contribution in [0.4, 0.5) is 0 Å². The normalized spacial score (nSPS) is 17.6. The van der Waals surface area contributed by atoms with Crippen LogP contribution >= 0.6 is 0 Å². The van der Waals surface area contributed by atoms with Crippen molar-refractivity contribution < 1.29 is 14.6 Å². The lowest BCUT2D eigenvalue weighted by molar-refractivity contribution is -0.129. The standard InChI is InChI=1S/C16H21N3O3/c17-11-13-3-1-2-4-14(13)22-10-9-19-7-5-12(6-8-19)15(20)16(18)21/h1-4,12,15,20H,5-10H2,(H2,18,21). The number of aliphatic hydroxyl groups excluding tert-OH is 1. The quantitative estimate of drug-likeness (QED) is 0.797. The van der Waals surface area contributed by atoms with E-state index in [1.807, 2.05) is 6.07 Å². The third-order valence-corrected chi connectivity index (χ3v) is 4.04. The largest absolute Gasteiger partial charge is 0.491 e. The van der Waals surface area contributed by atoms with E-state index < -0.39 is 12.0 Å². The molecule has 22 heavy (non-hydrogen) atoms. The number of rotatable bonds is 6. The van der Waals surface area contributed by atoms with Gasteiger partial charge in [-0.25, -0.2) is 0 Å². The molecular weight excluding hydrogens is 282 g/mol. The Morgan fingerprint density at radius 2 is 2.14 bits per heavy atom. The van der Waals surface area contributed by atoms with Gasteiger partial charge in [0.1, 0.15) is 24.5 Å². The lowest BCUT2D eigenvalue weighted by Gasteiger charge is -2.33. The second-order valence-electron chi connectivity index (χ2n) is 5.48. The molecule has 6 nitrogen and oxygen atoms in total. The van der Waals surface area contributed by atoms with Gasteiger partial charge in [0, 0.05) is 6.54 Å². The average molecular weight is 303 g/mol. The third kappa shape index (κ3) is 4.20. The van der Waals surface area contributed by atoms with Crippen molar-refractivity contribution in [3.63, 3.8) is 0 Å². The highest BCUT2D eigenvalue weighted by Gasteiger charge is 2.28. The van der Waals surface area contributed by atoms with E-state index >= 15 is 0 Å². The number of benzene rings is 1. The van der Waals surface area contributed by atoms with Gasteiger partial charge in [-0.15, -0.1) is 0 Å². The first-order valence-electron chi connectivity index (χ1n) is 7.43. The van der Waals surface area contributed by atoms with Crippen LogP contribution in [0.5, 0.6) is 5.75 Å². The highest BCUT2D eigenvalue weighted by molar-refractivity contribution is 5.78.